The summed E-state index contributed by atoms with van der Waals surface area (Å²) in [6.07, 6.45) is 3.16. The summed E-state index contributed by atoms with van der Waals surface area (Å²) in [5, 5.41) is 11.3. The molecule has 0 fully saturated rings. The number of benzene rings is 1. The van der Waals surface area contributed by atoms with E-state index in [1.165, 1.54) is 0 Å². The van der Waals surface area contributed by atoms with Crippen molar-refractivity contribution in [3.8, 4) is 5.75 Å². The third kappa shape index (κ3) is 2.89. The Kier molecular flexibility index (Phi) is 4.55. The topological polar surface area (TPSA) is 71.3 Å². The Bertz CT molecular complexity index is 722. The molecule has 0 radical (unpaired) electrons. The highest BCUT2D eigenvalue weighted by Crippen LogP contribution is 2.34. The van der Waals surface area contributed by atoms with E-state index in [0.29, 0.717) is 12.2 Å². The Morgan fingerprint density at radius 3 is 2.90 bits per heavy atom. The molecule has 3 rings (SSSR count). The summed E-state index contributed by atoms with van der Waals surface area (Å²) in [6, 6.07) is 5.57. The van der Waals surface area contributed by atoms with Gasteiger partial charge in [0.1, 0.15) is 22.9 Å². The fraction of sp³-hybridized carbons (Fsp3) is 0.267. The van der Waals surface area contributed by atoms with Crippen LogP contribution < -0.4 is 4.74 Å². The standard InChI is InChI=1S/C15H16N2O3.ClH/c1-9-15(12(18)8-14-16-5-6-17-14)11-7-10(19-2)3-4-13(11)20-9;/h3-7,12,18H,8H2,1-2H3,(H,16,17);1H. The molecular formula is C15H17ClN2O3. The second kappa shape index (κ2) is 6.20. The first kappa shape index (κ1) is 15.4. The van der Waals surface area contributed by atoms with Crippen molar-refractivity contribution in [1.82, 2.24) is 9.97 Å². The number of hydrogen-bond donors (Lipinski definition) is 2. The molecule has 1 atom stereocenters. The van der Waals surface area contributed by atoms with Crippen LogP contribution in [0.15, 0.2) is 35.0 Å². The van der Waals surface area contributed by atoms with E-state index < -0.39 is 6.10 Å². The van der Waals surface area contributed by atoms with Gasteiger partial charge in [0.15, 0.2) is 0 Å². The van der Waals surface area contributed by atoms with Gasteiger partial charge in [-0.15, -0.1) is 12.4 Å². The van der Waals surface area contributed by atoms with Crippen LogP contribution >= 0.6 is 12.4 Å². The number of H-pyrrole nitrogens is 1. The van der Waals surface area contributed by atoms with Crippen molar-refractivity contribution in [2.45, 2.75) is 19.4 Å². The van der Waals surface area contributed by atoms with Crippen molar-refractivity contribution in [1.29, 1.82) is 0 Å². The summed E-state index contributed by atoms with van der Waals surface area (Å²) in [5.41, 5.74) is 1.53. The van der Waals surface area contributed by atoms with Crippen LogP contribution in [0.1, 0.15) is 23.3 Å². The minimum atomic E-state index is -0.672. The molecule has 0 bridgehead atoms. The molecule has 5 nitrogen and oxygen atoms in total. The Morgan fingerprint density at radius 2 is 2.24 bits per heavy atom. The highest BCUT2D eigenvalue weighted by molar-refractivity contribution is 5.85. The van der Waals surface area contributed by atoms with E-state index in [1.54, 1.807) is 19.5 Å². The van der Waals surface area contributed by atoms with Gasteiger partial charge in [0.2, 0.25) is 0 Å². The van der Waals surface area contributed by atoms with Gasteiger partial charge in [-0.1, -0.05) is 0 Å². The number of imidazole rings is 1. The lowest BCUT2D eigenvalue weighted by molar-refractivity contribution is 0.175. The average Bonchev–Trinajstić information content (AvgIpc) is 3.04. The number of furan rings is 1. The molecule has 0 amide bonds. The van der Waals surface area contributed by atoms with Crippen LogP contribution in [0.2, 0.25) is 0 Å². The van der Waals surface area contributed by atoms with Gasteiger partial charge in [-0.3, -0.25) is 0 Å². The highest BCUT2D eigenvalue weighted by atomic mass is 35.5. The molecule has 0 saturated carbocycles. The molecule has 1 aromatic carbocycles. The molecule has 112 valence electrons. The van der Waals surface area contributed by atoms with E-state index in [4.69, 9.17) is 9.15 Å². The number of aryl methyl sites for hydroxylation is 1. The van der Waals surface area contributed by atoms with Crippen LogP contribution in [0.5, 0.6) is 5.75 Å². The van der Waals surface area contributed by atoms with Gasteiger partial charge in [0.05, 0.1) is 13.2 Å². The van der Waals surface area contributed by atoms with Crippen LogP contribution in [0.3, 0.4) is 0 Å². The summed E-state index contributed by atoms with van der Waals surface area (Å²) in [5.74, 6) is 2.20. The normalized spacial score (nSPS) is 12.1. The quantitative estimate of drug-likeness (QED) is 0.776. The molecule has 2 heterocycles. The number of rotatable bonds is 4. The number of methoxy groups -OCH3 is 1. The van der Waals surface area contributed by atoms with Crippen molar-refractivity contribution in [2.75, 3.05) is 7.11 Å². The maximum Gasteiger partial charge on any atom is 0.134 e. The van der Waals surface area contributed by atoms with Gasteiger partial charge in [0.25, 0.3) is 0 Å². The number of nitrogens with one attached hydrogen (secondary N) is 1. The Hall–Kier alpha value is -1.98. The predicted molar refractivity (Wildman–Crippen MR) is 82.0 cm³/mol. The number of hydrogen-bond acceptors (Lipinski definition) is 4. The van der Waals surface area contributed by atoms with Crippen molar-refractivity contribution in [3.63, 3.8) is 0 Å². The summed E-state index contributed by atoms with van der Waals surface area (Å²) >= 11 is 0. The summed E-state index contributed by atoms with van der Waals surface area (Å²) in [6.45, 7) is 1.85. The summed E-state index contributed by atoms with van der Waals surface area (Å²) in [7, 11) is 1.62. The maximum atomic E-state index is 10.5. The van der Waals surface area contributed by atoms with Crippen molar-refractivity contribution < 1.29 is 14.3 Å². The monoisotopic (exact) mass is 308 g/mol. The van der Waals surface area contributed by atoms with Crippen LogP contribution in [0.25, 0.3) is 11.0 Å². The van der Waals surface area contributed by atoms with E-state index in [2.05, 4.69) is 9.97 Å². The van der Waals surface area contributed by atoms with Crippen molar-refractivity contribution in [2.24, 2.45) is 0 Å². The minimum Gasteiger partial charge on any atom is -0.497 e. The number of aliphatic hydroxyl groups excluding tert-OH is 1. The average molecular weight is 309 g/mol. The lowest BCUT2D eigenvalue weighted by atomic mass is 10.0. The third-order valence-electron chi connectivity index (χ3n) is 3.39. The van der Waals surface area contributed by atoms with Gasteiger partial charge in [-0.2, -0.15) is 0 Å². The van der Waals surface area contributed by atoms with Gasteiger partial charge < -0.3 is 19.2 Å². The molecule has 3 aromatic rings. The summed E-state index contributed by atoms with van der Waals surface area (Å²) in [4.78, 5) is 7.13. The first-order chi connectivity index (χ1) is 9.69. The van der Waals surface area contributed by atoms with Crippen LogP contribution in [0.4, 0.5) is 0 Å². The minimum absolute atomic E-state index is 0. The van der Waals surface area contributed by atoms with Gasteiger partial charge in [-0.25, -0.2) is 4.98 Å². The number of aromatic amines is 1. The van der Waals surface area contributed by atoms with Crippen molar-refractivity contribution >= 4 is 23.4 Å². The van der Waals surface area contributed by atoms with E-state index >= 15 is 0 Å². The third-order valence-corrected chi connectivity index (χ3v) is 3.39. The zero-order chi connectivity index (χ0) is 14.1. The fourth-order valence-electron chi connectivity index (χ4n) is 2.45. The lowest BCUT2D eigenvalue weighted by Gasteiger charge is -2.09. The summed E-state index contributed by atoms with van der Waals surface area (Å²) < 4.78 is 10.9. The van der Waals surface area contributed by atoms with E-state index in [0.717, 1.165) is 28.1 Å². The second-order valence-corrected chi connectivity index (χ2v) is 4.69. The molecule has 0 spiro atoms. The van der Waals surface area contributed by atoms with Crippen molar-refractivity contribution in [3.05, 3.63) is 47.7 Å². The van der Waals surface area contributed by atoms with Crippen LogP contribution in [-0.4, -0.2) is 22.2 Å². The predicted octanol–water partition coefficient (Wildman–Crippen LogP) is 3.17. The van der Waals surface area contributed by atoms with E-state index in [-0.39, 0.29) is 12.4 Å². The SMILES string of the molecule is COc1ccc2oc(C)c(C(O)Cc3ncc[nH]3)c2c1.Cl. The number of aromatic nitrogens is 2. The molecule has 0 saturated heterocycles. The van der Waals surface area contributed by atoms with Gasteiger partial charge >= 0.3 is 0 Å². The van der Waals surface area contributed by atoms with Crippen LogP contribution in [-0.2, 0) is 6.42 Å². The Balaban J connectivity index is 0.00000161. The largest absolute Gasteiger partial charge is 0.497 e. The number of halogens is 1. The Morgan fingerprint density at radius 1 is 1.43 bits per heavy atom. The Labute approximate surface area is 128 Å². The number of nitrogens with zero attached hydrogens (tertiary/aromatic N) is 1. The van der Waals surface area contributed by atoms with Crippen LogP contribution in [0, 0.1) is 6.92 Å². The zero-order valence-electron chi connectivity index (χ0n) is 11.8. The smallest absolute Gasteiger partial charge is 0.134 e. The number of fused-ring (bicyclic) bond motifs is 1. The molecule has 0 aliphatic rings. The first-order valence-corrected chi connectivity index (χ1v) is 6.42. The van der Waals surface area contributed by atoms with Gasteiger partial charge in [0, 0.05) is 29.8 Å². The van der Waals surface area contributed by atoms with E-state index in [1.807, 2.05) is 25.1 Å². The highest BCUT2D eigenvalue weighted by Gasteiger charge is 2.20. The fourth-order valence-corrected chi connectivity index (χ4v) is 2.45. The molecule has 0 aliphatic carbocycles. The molecule has 2 N–H and O–H groups in total. The lowest BCUT2D eigenvalue weighted by Crippen LogP contribution is -2.04. The molecule has 2 aromatic heterocycles. The molecule has 6 heteroatoms. The maximum absolute atomic E-state index is 10.5. The number of ether oxygens (including phenoxy) is 1. The zero-order valence-corrected chi connectivity index (χ0v) is 12.6. The molecule has 0 aliphatic heterocycles. The molecular weight excluding hydrogens is 292 g/mol. The van der Waals surface area contributed by atoms with E-state index in [9.17, 15) is 5.11 Å². The van der Waals surface area contributed by atoms with Gasteiger partial charge in [-0.05, 0) is 25.1 Å². The molecule has 1 unspecified atom stereocenters. The second-order valence-electron chi connectivity index (χ2n) is 4.69. The first-order valence-electron chi connectivity index (χ1n) is 6.42. The number of aliphatic hydroxyl groups is 1. The molecule has 21 heavy (non-hydrogen) atoms.